The van der Waals surface area contributed by atoms with Crippen LogP contribution in [0.4, 0.5) is 4.79 Å². The molecule has 3 atom stereocenters. The molecule has 1 aliphatic rings. The molecular formula is C15H20N2O3. The van der Waals surface area contributed by atoms with Gasteiger partial charge in [0.25, 0.3) is 0 Å². The summed E-state index contributed by atoms with van der Waals surface area (Å²) in [6.45, 7) is 4.76. The molecule has 108 valence electrons. The third kappa shape index (κ3) is 3.10. The second-order valence-corrected chi connectivity index (χ2v) is 5.47. The number of aliphatic carboxylic acids is 1. The van der Waals surface area contributed by atoms with Crippen LogP contribution in [-0.2, 0) is 4.79 Å². The third-order valence-electron chi connectivity index (χ3n) is 3.69. The van der Waals surface area contributed by atoms with Crippen molar-refractivity contribution in [3.8, 4) is 0 Å². The lowest BCUT2D eigenvalue weighted by molar-refractivity contribution is -0.139. The number of likely N-dealkylation sites (tertiary alicyclic amines) is 1. The van der Waals surface area contributed by atoms with E-state index in [1.165, 1.54) is 0 Å². The Labute approximate surface area is 118 Å². The van der Waals surface area contributed by atoms with Crippen molar-refractivity contribution in [3.05, 3.63) is 35.9 Å². The fourth-order valence-electron chi connectivity index (χ4n) is 2.72. The number of nitrogens with one attached hydrogen (secondary N) is 1. The van der Waals surface area contributed by atoms with E-state index in [9.17, 15) is 14.7 Å². The van der Waals surface area contributed by atoms with E-state index in [2.05, 4.69) is 12.2 Å². The van der Waals surface area contributed by atoms with Gasteiger partial charge in [0.05, 0.1) is 0 Å². The second-order valence-electron chi connectivity index (χ2n) is 5.47. The fourth-order valence-corrected chi connectivity index (χ4v) is 2.72. The van der Waals surface area contributed by atoms with Crippen LogP contribution in [0, 0.1) is 5.92 Å². The summed E-state index contributed by atoms with van der Waals surface area (Å²) in [5.41, 5.74) is 0.577. The summed E-state index contributed by atoms with van der Waals surface area (Å²) in [7, 11) is 0. The van der Waals surface area contributed by atoms with Crippen LogP contribution in [0.3, 0.4) is 0 Å². The van der Waals surface area contributed by atoms with E-state index < -0.39 is 12.0 Å². The van der Waals surface area contributed by atoms with Gasteiger partial charge >= 0.3 is 12.0 Å². The monoisotopic (exact) mass is 276 g/mol. The number of nitrogens with zero attached hydrogens (tertiary/aromatic N) is 1. The van der Waals surface area contributed by atoms with Gasteiger partial charge in [-0.15, -0.1) is 0 Å². The number of carbonyl (C=O) groups excluding carboxylic acids is 1. The topological polar surface area (TPSA) is 69.6 Å². The van der Waals surface area contributed by atoms with Crippen molar-refractivity contribution in [2.75, 3.05) is 6.54 Å². The zero-order valence-electron chi connectivity index (χ0n) is 11.7. The Morgan fingerprint density at radius 1 is 1.30 bits per heavy atom. The van der Waals surface area contributed by atoms with Crippen molar-refractivity contribution in [1.29, 1.82) is 0 Å². The number of benzene rings is 1. The number of carboxylic acids is 1. The van der Waals surface area contributed by atoms with E-state index >= 15 is 0 Å². The number of hydrogen-bond donors (Lipinski definition) is 2. The highest BCUT2D eigenvalue weighted by Gasteiger charge is 2.32. The Kier molecular flexibility index (Phi) is 4.27. The molecule has 1 aromatic rings. The molecule has 0 bridgehead atoms. The van der Waals surface area contributed by atoms with Gasteiger partial charge in [-0.25, -0.2) is 9.59 Å². The summed E-state index contributed by atoms with van der Waals surface area (Å²) in [4.78, 5) is 25.3. The predicted molar refractivity (Wildman–Crippen MR) is 75.3 cm³/mol. The molecule has 2 rings (SSSR count). The molecule has 1 saturated heterocycles. The largest absolute Gasteiger partial charge is 0.479 e. The molecule has 3 unspecified atom stereocenters. The number of carbonyl (C=O) groups is 2. The first kappa shape index (κ1) is 14.4. The highest BCUT2D eigenvalue weighted by Crippen LogP contribution is 2.23. The Hall–Kier alpha value is -2.04. The maximum absolute atomic E-state index is 12.2. The molecule has 0 aliphatic carbocycles. The molecule has 20 heavy (non-hydrogen) atoms. The van der Waals surface area contributed by atoms with Crippen molar-refractivity contribution in [2.45, 2.75) is 32.4 Å². The standard InChI is InChI=1S/C15H20N2O3/c1-10-8-11(2)17(9-10)15(20)16-13(14(18)19)12-6-4-3-5-7-12/h3-7,10-11,13H,8-9H2,1-2H3,(H,16,20)(H,18,19). The summed E-state index contributed by atoms with van der Waals surface area (Å²) < 4.78 is 0. The number of carboxylic acid groups (broad SMARTS) is 1. The molecule has 5 heteroatoms. The molecule has 2 N–H and O–H groups in total. The lowest BCUT2D eigenvalue weighted by Gasteiger charge is -2.24. The van der Waals surface area contributed by atoms with Crippen molar-refractivity contribution in [2.24, 2.45) is 5.92 Å². The summed E-state index contributed by atoms with van der Waals surface area (Å²) >= 11 is 0. The first-order valence-corrected chi connectivity index (χ1v) is 6.84. The minimum Gasteiger partial charge on any atom is -0.479 e. The summed E-state index contributed by atoms with van der Waals surface area (Å²) in [5.74, 6) is -0.597. The van der Waals surface area contributed by atoms with Gasteiger partial charge in [-0.05, 0) is 24.8 Å². The predicted octanol–water partition coefficient (Wildman–Crippen LogP) is 2.25. The maximum atomic E-state index is 12.2. The molecule has 5 nitrogen and oxygen atoms in total. The Balaban J connectivity index is 2.09. The molecular weight excluding hydrogens is 256 g/mol. The quantitative estimate of drug-likeness (QED) is 0.889. The van der Waals surface area contributed by atoms with Crippen LogP contribution in [0.5, 0.6) is 0 Å². The lowest BCUT2D eigenvalue weighted by Crippen LogP contribution is -2.45. The minimum atomic E-state index is -1.05. The lowest BCUT2D eigenvalue weighted by atomic mass is 10.1. The van der Waals surface area contributed by atoms with Crippen molar-refractivity contribution in [3.63, 3.8) is 0 Å². The third-order valence-corrected chi connectivity index (χ3v) is 3.69. The van der Waals surface area contributed by atoms with Crippen LogP contribution in [0.1, 0.15) is 31.9 Å². The normalized spacial score (nSPS) is 23.4. The van der Waals surface area contributed by atoms with Gasteiger partial charge in [0.2, 0.25) is 0 Å². The van der Waals surface area contributed by atoms with Gasteiger partial charge < -0.3 is 15.3 Å². The molecule has 1 aliphatic heterocycles. The molecule has 0 aromatic heterocycles. The SMILES string of the molecule is CC1CC(C)N(C(=O)NC(C(=O)O)c2ccccc2)C1. The zero-order valence-corrected chi connectivity index (χ0v) is 11.7. The Morgan fingerprint density at radius 3 is 2.45 bits per heavy atom. The van der Waals surface area contributed by atoms with Crippen molar-refractivity contribution < 1.29 is 14.7 Å². The summed E-state index contributed by atoms with van der Waals surface area (Å²) in [5, 5.41) is 11.9. The van der Waals surface area contributed by atoms with Gasteiger partial charge in [0.15, 0.2) is 6.04 Å². The van der Waals surface area contributed by atoms with E-state index in [4.69, 9.17) is 0 Å². The smallest absolute Gasteiger partial charge is 0.330 e. The molecule has 2 amide bonds. The van der Waals surface area contributed by atoms with E-state index in [-0.39, 0.29) is 12.1 Å². The highest BCUT2D eigenvalue weighted by molar-refractivity contribution is 5.84. The number of amides is 2. The van der Waals surface area contributed by atoms with Gasteiger partial charge in [-0.2, -0.15) is 0 Å². The van der Waals surface area contributed by atoms with Crippen LogP contribution in [0.25, 0.3) is 0 Å². The number of urea groups is 1. The molecule has 0 saturated carbocycles. The molecule has 0 radical (unpaired) electrons. The van der Waals surface area contributed by atoms with E-state index in [0.717, 1.165) is 6.42 Å². The molecule has 1 heterocycles. The molecule has 1 fully saturated rings. The first-order chi connectivity index (χ1) is 9.49. The Morgan fingerprint density at radius 2 is 1.95 bits per heavy atom. The average molecular weight is 276 g/mol. The summed E-state index contributed by atoms with van der Waals surface area (Å²) in [6, 6.07) is 7.58. The van der Waals surface area contributed by atoms with E-state index in [0.29, 0.717) is 18.0 Å². The van der Waals surface area contributed by atoms with Gasteiger partial charge in [-0.3, -0.25) is 0 Å². The van der Waals surface area contributed by atoms with Gasteiger partial charge in [-0.1, -0.05) is 37.3 Å². The first-order valence-electron chi connectivity index (χ1n) is 6.84. The van der Waals surface area contributed by atoms with Crippen LogP contribution < -0.4 is 5.32 Å². The van der Waals surface area contributed by atoms with Crippen LogP contribution in [-0.4, -0.2) is 34.6 Å². The van der Waals surface area contributed by atoms with Crippen molar-refractivity contribution in [1.82, 2.24) is 10.2 Å². The van der Waals surface area contributed by atoms with Gasteiger partial charge in [0.1, 0.15) is 0 Å². The molecule has 1 aromatic carbocycles. The van der Waals surface area contributed by atoms with Crippen molar-refractivity contribution >= 4 is 12.0 Å². The summed E-state index contributed by atoms with van der Waals surface area (Å²) in [6.07, 6.45) is 0.955. The van der Waals surface area contributed by atoms with Crippen LogP contribution >= 0.6 is 0 Å². The minimum absolute atomic E-state index is 0.148. The van der Waals surface area contributed by atoms with Gasteiger partial charge in [0, 0.05) is 12.6 Å². The fraction of sp³-hybridized carbons (Fsp3) is 0.467. The highest BCUT2D eigenvalue weighted by atomic mass is 16.4. The Bertz CT molecular complexity index is 489. The number of hydrogen-bond acceptors (Lipinski definition) is 2. The maximum Gasteiger partial charge on any atom is 0.330 e. The van der Waals surface area contributed by atoms with E-state index in [1.54, 1.807) is 29.2 Å². The second kappa shape index (κ2) is 5.94. The zero-order chi connectivity index (χ0) is 14.7. The van der Waals surface area contributed by atoms with Crippen LogP contribution in [0.2, 0.25) is 0 Å². The molecule has 0 spiro atoms. The number of rotatable bonds is 3. The average Bonchev–Trinajstić information content (AvgIpc) is 2.75. The van der Waals surface area contributed by atoms with E-state index in [1.807, 2.05) is 13.0 Å². The van der Waals surface area contributed by atoms with Crippen LogP contribution in [0.15, 0.2) is 30.3 Å².